The van der Waals surface area contributed by atoms with Crippen molar-refractivity contribution in [1.82, 2.24) is 14.7 Å². The Labute approximate surface area is 192 Å². The molecule has 0 unspecified atom stereocenters. The van der Waals surface area contributed by atoms with E-state index in [1.807, 2.05) is 24.6 Å². The number of likely N-dealkylation sites (tertiary alicyclic amines) is 1. The van der Waals surface area contributed by atoms with Gasteiger partial charge in [-0.15, -0.1) is 11.3 Å². The molecule has 1 aromatic rings. The van der Waals surface area contributed by atoms with E-state index in [1.54, 1.807) is 11.3 Å². The Morgan fingerprint density at radius 3 is 2.26 bits per heavy atom. The first-order chi connectivity index (χ1) is 15.0. The summed E-state index contributed by atoms with van der Waals surface area (Å²) in [7, 11) is 4.15. The number of hydrogen-bond donors (Lipinski definition) is 0. The van der Waals surface area contributed by atoms with Crippen molar-refractivity contribution < 1.29 is 9.59 Å². The molecule has 2 aliphatic rings. The molecule has 3 rings (SSSR count). The predicted molar refractivity (Wildman–Crippen MR) is 129 cm³/mol. The fraction of sp³-hybridized carbons (Fsp3) is 0.680. The van der Waals surface area contributed by atoms with Gasteiger partial charge >= 0.3 is 0 Å². The maximum absolute atomic E-state index is 13.4. The van der Waals surface area contributed by atoms with Crippen molar-refractivity contribution in [3.63, 3.8) is 0 Å². The Morgan fingerprint density at radius 1 is 1.00 bits per heavy atom. The van der Waals surface area contributed by atoms with Gasteiger partial charge in [-0.05, 0) is 50.8 Å². The molecule has 0 spiro atoms. The lowest BCUT2D eigenvalue weighted by molar-refractivity contribution is -0.137. The van der Waals surface area contributed by atoms with Crippen LogP contribution in [0, 0.1) is 0 Å². The molecule has 172 valence electrons. The van der Waals surface area contributed by atoms with Gasteiger partial charge in [-0.3, -0.25) is 14.5 Å². The number of thiophene rings is 1. The largest absolute Gasteiger partial charge is 0.366 e. The van der Waals surface area contributed by atoms with E-state index in [2.05, 4.69) is 23.8 Å². The number of rotatable bonds is 12. The Bertz CT molecular complexity index is 751. The topological polar surface area (TPSA) is 43.9 Å². The van der Waals surface area contributed by atoms with Crippen molar-refractivity contribution in [1.29, 1.82) is 0 Å². The van der Waals surface area contributed by atoms with Gasteiger partial charge in [0.05, 0.1) is 5.57 Å². The zero-order valence-corrected chi connectivity index (χ0v) is 20.4. The van der Waals surface area contributed by atoms with E-state index < -0.39 is 0 Å². The lowest BCUT2D eigenvalue weighted by Gasteiger charge is -2.36. The molecule has 3 heterocycles. The van der Waals surface area contributed by atoms with Crippen LogP contribution in [0.1, 0.15) is 76.0 Å². The van der Waals surface area contributed by atoms with E-state index in [0.717, 1.165) is 43.6 Å². The van der Waals surface area contributed by atoms with Gasteiger partial charge in [0.1, 0.15) is 5.70 Å². The SMILES string of the molecule is CCCCCCCCCCN1C(=O)C(c2cccs2)=C(N(C)C2CCN(C)CC2)C1=O. The first-order valence-corrected chi connectivity index (χ1v) is 13.0. The molecule has 1 fully saturated rings. The smallest absolute Gasteiger partial charge is 0.277 e. The zero-order chi connectivity index (χ0) is 22.2. The molecule has 0 radical (unpaired) electrons. The van der Waals surface area contributed by atoms with Crippen LogP contribution in [-0.4, -0.2) is 66.3 Å². The van der Waals surface area contributed by atoms with Gasteiger partial charge in [0.25, 0.3) is 11.8 Å². The normalized spacial score (nSPS) is 18.5. The van der Waals surface area contributed by atoms with Gasteiger partial charge in [0.2, 0.25) is 0 Å². The first-order valence-electron chi connectivity index (χ1n) is 12.1. The average Bonchev–Trinajstić information content (AvgIpc) is 3.37. The van der Waals surface area contributed by atoms with E-state index in [-0.39, 0.29) is 11.8 Å². The van der Waals surface area contributed by atoms with Crippen LogP contribution in [0.25, 0.3) is 5.57 Å². The minimum absolute atomic E-state index is 0.0993. The Morgan fingerprint density at radius 2 is 1.65 bits per heavy atom. The van der Waals surface area contributed by atoms with Crippen molar-refractivity contribution in [3.8, 4) is 0 Å². The lowest BCUT2D eigenvalue weighted by atomic mass is 10.0. The predicted octanol–water partition coefficient (Wildman–Crippen LogP) is 4.99. The fourth-order valence-electron chi connectivity index (χ4n) is 4.71. The first kappa shape index (κ1) is 24.0. The molecule has 1 saturated heterocycles. The minimum atomic E-state index is -0.106. The van der Waals surface area contributed by atoms with Crippen molar-refractivity contribution in [2.45, 2.75) is 77.2 Å². The summed E-state index contributed by atoms with van der Waals surface area (Å²) in [4.78, 5) is 33.6. The molecule has 0 aliphatic carbocycles. The highest BCUT2D eigenvalue weighted by molar-refractivity contribution is 7.11. The summed E-state index contributed by atoms with van der Waals surface area (Å²) in [5.41, 5.74) is 1.22. The van der Waals surface area contributed by atoms with E-state index in [9.17, 15) is 9.59 Å². The Hall–Kier alpha value is -1.66. The summed E-state index contributed by atoms with van der Waals surface area (Å²) in [5.74, 6) is -0.206. The maximum atomic E-state index is 13.4. The van der Waals surface area contributed by atoms with Crippen molar-refractivity contribution >= 4 is 28.7 Å². The van der Waals surface area contributed by atoms with Crippen LogP contribution in [0.4, 0.5) is 0 Å². The zero-order valence-electron chi connectivity index (χ0n) is 19.6. The van der Waals surface area contributed by atoms with Crippen molar-refractivity contribution in [2.75, 3.05) is 33.7 Å². The highest BCUT2D eigenvalue weighted by atomic mass is 32.1. The van der Waals surface area contributed by atoms with Crippen molar-refractivity contribution in [2.24, 2.45) is 0 Å². The van der Waals surface area contributed by atoms with E-state index >= 15 is 0 Å². The minimum Gasteiger partial charge on any atom is -0.366 e. The molecule has 0 bridgehead atoms. The van der Waals surface area contributed by atoms with Crippen LogP contribution in [0.5, 0.6) is 0 Å². The summed E-state index contributed by atoms with van der Waals surface area (Å²) in [6.07, 6.45) is 11.7. The van der Waals surface area contributed by atoms with Crippen LogP contribution in [-0.2, 0) is 9.59 Å². The number of carbonyl (C=O) groups excluding carboxylic acids is 2. The molecule has 0 saturated carbocycles. The van der Waals surface area contributed by atoms with Gasteiger partial charge in [-0.2, -0.15) is 0 Å². The second-order valence-corrected chi connectivity index (χ2v) is 10.0. The number of imide groups is 1. The lowest BCUT2D eigenvalue weighted by Crippen LogP contribution is -2.43. The third kappa shape index (κ3) is 5.98. The van der Waals surface area contributed by atoms with Gasteiger partial charge in [-0.25, -0.2) is 0 Å². The molecule has 6 heteroatoms. The fourth-order valence-corrected chi connectivity index (χ4v) is 5.47. The summed E-state index contributed by atoms with van der Waals surface area (Å²) in [6, 6.07) is 4.23. The molecule has 1 aromatic heterocycles. The summed E-state index contributed by atoms with van der Waals surface area (Å²) >= 11 is 1.55. The van der Waals surface area contributed by atoms with Crippen molar-refractivity contribution in [3.05, 3.63) is 28.1 Å². The molecular weight excluding hydrogens is 406 g/mol. The van der Waals surface area contributed by atoms with Gasteiger partial charge in [-0.1, -0.05) is 57.9 Å². The molecule has 2 amide bonds. The average molecular weight is 446 g/mol. The van der Waals surface area contributed by atoms with Crippen LogP contribution in [0.15, 0.2) is 23.2 Å². The third-order valence-corrected chi connectivity index (χ3v) is 7.62. The highest BCUT2D eigenvalue weighted by Crippen LogP contribution is 2.35. The van der Waals surface area contributed by atoms with Crippen LogP contribution < -0.4 is 0 Å². The number of unbranched alkanes of at least 4 members (excludes halogenated alkanes) is 7. The Kier molecular flexibility index (Phi) is 9.15. The molecule has 5 nitrogen and oxygen atoms in total. The van der Waals surface area contributed by atoms with Crippen LogP contribution >= 0.6 is 11.3 Å². The van der Waals surface area contributed by atoms with Crippen LogP contribution in [0.3, 0.4) is 0 Å². The summed E-state index contributed by atoms with van der Waals surface area (Å²) in [5, 5.41) is 1.98. The molecule has 31 heavy (non-hydrogen) atoms. The highest BCUT2D eigenvalue weighted by Gasteiger charge is 2.42. The van der Waals surface area contributed by atoms with E-state index in [1.165, 1.54) is 43.4 Å². The van der Waals surface area contributed by atoms with Gasteiger partial charge in [0, 0.05) is 24.5 Å². The number of carbonyl (C=O) groups is 2. The quantitative estimate of drug-likeness (QED) is 0.336. The molecule has 0 aromatic carbocycles. The molecular formula is C25H39N3O2S. The Balaban J connectivity index is 1.63. The van der Waals surface area contributed by atoms with Crippen LogP contribution in [0.2, 0.25) is 0 Å². The number of likely N-dealkylation sites (N-methyl/N-ethyl adjacent to an activating group) is 1. The summed E-state index contributed by atoms with van der Waals surface area (Å²) < 4.78 is 0. The van der Waals surface area contributed by atoms with Gasteiger partial charge < -0.3 is 9.80 Å². The number of piperidine rings is 1. The summed E-state index contributed by atoms with van der Waals surface area (Å²) in [6.45, 7) is 4.83. The monoisotopic (exact) mass is 445 g/mol. The number of nitrogens with zero attached hydrogens (tertiary/aromatic N) is 3. The van der Waals surface area contributed by atoms with E-state index in [0.29, 0.717) is 23.9 Å². The number of amides is 2. The van der Waals surface area contributed by atoms with Gasteiger partial charge in [0.15, 0.2) is 0 Å². The third-order valence-electron chi connectivity index (χ3n) is 6.73. The van der Waals surface area contributed by atoms with E-state index in [4.69, 9.17) is 0 Å². The molecule has 2 aliphatic heterocycles. The number of hydrogen-bond acceptors (Lipinski definition) is 5. The molecule has 0 N–H and O–H groups in total. The second-order valence-electron chi connectivity index (χ2n) is 9.08. The second kappa shape index (κ2) is 11.8. The maximum Gasteiger partial charge on any atom is 0.277 e. The standard InChI is InChI=1S/C25H39N3O2S/c1-4-5-6-7-8-9-10-11-16-28-24(29)22(21-13-12-19-31-21)23(25(28)30)27(3)20-14-17-26(2)18-15-20/h12-13,19-20H,4-11,14-18H2,1-3H3. The molecule has 0 atom stereocenters.